The van der Waals surface area contributed by atoms with Gasteiger partial charge in [0, 0.05) is 55.2 Å². The van der Waals surface area contributed by atoms with Gasteiger partial charge in [-0.3, -0.25) is 4.79 Å². The number of benzene rings is 3. The van der Waals surface area contributed by atoms with E-state index in [0.29, 0.717) is 23.4 Å². The molecule has 220 valence electrons. The number of aromatic carboxylic acids is 1. The number of hydrogen-bond donors (Lipinski definition) is 1. The third-order valence-electron chi connectivity index (χ3n) is 7.07. The van der Waals surface area contributed by atoms with Crippen LogP contribution in [0.4, 0.5) is 15.8 Å². The van der Waals surface area contributed by atoms with Crippen molar-refractivity contribution in [1.29, 1.82) is 0 Å². The molecule has 2 heterocycles. The zero-order valence-electron chi connectivity index (χ0n) is 23.0. The fraction of sp³-hybridized carbons (Fsp3) is 0.267. The number of nitrogens with zero attached hydrogens (tertiary/aromatic N) is 4. The van der Waals surface area contributed by atoms with Crippen molar-refractivity contribution in [2.45, 2.75) is 19.5 Å². The van der Waals surface area contributed by atoms with Crippen molar-refractivity contribution < 1.29 is 14.3 Å². The van der Waals surface area contributed by atoms with Crippen LogP contribution in [-0.4, -0.2) is 60.3 Å². The minimum Gasteiger partial charge on any atom is -0.477 e. The van der Waals surface area contributed by atoms with Crippen LogP contribution in [0.5, 0.6) is 0 Å². The number of rotatable bonds is 6. The van der Waals surface area contributed by atoms with E-state index in [9.17, 15) is 14.7 Å². The molecule has 1 aliphatic heterocycles. The molecular formula is C30H34Cl3FN4O3. The molecule has 1 fully saturated rings. The lowest BCUT2D eigenvalue weighted by atomic mass is 10.1. The average Bonchev–Trinajstić information content (AvgIpc) is 2.89. The van der Waals surface area contributed by atoms with Gasteiger partial charge in [0.05, 0.1) is 11.2 Å². The first kappa shape index (κ1) is 33.9. The second kappa shape index (κ2) is 14.0. The van der Waals surface area contributed by atoms with E-state index in [-0.39, 0.29) is 48.6 Å². The van der Waals surface area contributed by atoms with Crippen molar-refractivity contribution in [3.8, 4) is 5.69 Å². The van der Waals surface area contributed by atoms with Gasteiger partial charge in [0.1, 0.15) is 11.4 Å². The van der Waals surface area contributed by atoms with Crippen molar-refractivity contribution in [1.82, 2.24) is 9.47 Å². The number of hydrogen-bond acceptors (Lipinski definition) is 5. The lowest BCUT2D eigenvalue weighted by Crippen LogP contribution is -2.52. The number of anilines is 2. The van der Waals surface area contributed by atoms with E-state index in [4.69, 9.17) is 0 Å². The quantitative estimate of drug-likeness (QED) is 0.290. The molecule has 0 radical (unpaired) electrons. The predicted molar refractivity (Wildman–Crippen MR) is 171 cm³/mol. The maximum Gasteiger partial charge on any atom is 0.341 e. The Bertz CT molecular complexity index is 1550. The van der Waals surface area contributed by atoms with E-state index in [1.165, 1.54) is 12.3 Å². The van der Waals surface area contributed by atoms with Crippen molar-refractivity contribution in [3.05, 3.63) is 100 Å². The SMILES string of the molecule is CC1CN(c2ccccc2)CCN1c1cc2c(cc1F)c(=O)c(C(=O)O)cn2-c1ccc(CN(C)C)cc1.Cl.Cl.Cl. The van der Waals surface area contributed by atoms with Gasteiger partial charge in [-0.2, -0.15) is 0 Å². The minimum atomic E-state index is -1.34. The molecule has 0 saturated carbocycles. The van der Waals surface area contributed by atoms with E-state index >= 15 is 4.39 Å². The molecule has 0 bridgehead atoms. The smallest absolute Gasteiger partial charge is 0.341 e. The standard InChI is InChI=1S/C30H31FN4O3.3ClH/c1-20-17-33(22-7-5-4-6-8-22)13-14-34(20)28-16-27-24(15-26(28)31)29(36)25(30(37)38)19-35(27)23-11-9-21(10-12-23)18-32(2)3;;;/h4-12,15-16,19-20H,13-14,17-18H2,1-3H3,(H,37,38);3*1H. The molecule has 11 heteroatoms. The Balaban J connectivity index is 0.00000196. The van der Waals surface area contributed by atoms with Gasteiger partial charge in [0.2, 0.25) is 5.43 Å². The third-order valence-corrected chi connectivity index (χ3v) is 7.07. The Labute approximate surface area is 257 Å². The summed E-state index contributed by atoms with van der Waals surface area (Å²) in [4.78, 5) is 31.3. The van der Waals surface area contributed by atoms with Gasteiger partial charge in [-0.05, 0) is 63.0 Å². The number of halogens is 4. The highest BCUT2D eigenvalue weighted by Gasteiger charge is 2.27. The van der Waals surface area contributed by atoms with Crippen LogP contribution in [0, 0.1) is 5.82 Å². The summed E-state index contributed by atoms with van der Waals surface area (Å²) in [6.07, 6.45) is 1.34. The first-order valence-corrected chi connectivity index (χ1v) is 12.7. The summed E-state index contributed by atoms with van der Waals surface area (Å²) in [5.74, 6) is -1.88. The maximum atomic E-state index is 15.6. The van der Waals surface area contributed by atoms with Crippen LogP contribution in [0.25, 0.3) is 16.6 Å². The Morgan fingerprint density at radius 2 is 1.63 bits per heavy atom. The zero-order valence-corrected chi connectivity index (χ0v) is 25.4. The van der Waals surface area contributed by atoms with Gasteiger partial charge in [-0.1, -0.05) is 30.3 Å². The predicted octanol–water partition coefficient (Wildman–Crippen LogP) is 5.87. The van der Waals surface area contributed by atoms with Crippen molar-refractivity contribution >= 4 is 65.5 Å². The lowest BCUT2D eigenvalue weighted by molar-refractivity contribution is 0.0695. The normalized spacial score (nSPS) is 14.7. The molecule has 1 atom stereocenters. The summed E-state index contributed by atoms with van der Waals surface area (Å²) in [7, 11) is 3.97. The average molecular weight is 624 g/mol. The number of aromatic nitrogens is 1. The van der Waals surface area contributed by atoms with Crippen LogP contribution in [0.3, 0.4) is 0 Å². The molecule has 3 aromatic carbocycles. The van der Waals surface area contributed by atoms with Gasteiger partial charge in [0.15, 0.2) is 0 Å². The molecule has 7 nitrogen and oxygen atoms in total. The lowest BCUT2D eigenvalue weighted by Gasteiger charge is -2.42. The first-order chi connectivity index (χ1) is 18.2. The molecule has 0 aliphatic carbocycles. The van der Waals surface area contributed by atoms with Crippen LogP contribution in [0.15, 0.2) is 77.7 Å². The highest BCUT2D eigenvalue weighted by molar-refractivity contribution is 5.94. The summed E-state index contributed by atoms with van der Waals surface area (Å²) in [5.41, 5.74) is 2.70. The second-order valence-electron chi connectivity index (χ2n) is 10.1. The number of carboxylic acid groups (broad SMARTS) is 1. The number of para-hydroxylation sites is 1. The summed E-state index contributed by atoms with van der Waals surface area (Å²) in [6, 6.07) is 20.7. The zero-order chi connectivity index (χ0) is 27.0. The van der Waals surface area contributed by atoms with E-state index in [1.54, 1.807) is 10.6 Å². The van der Waals surface area contributed by atoms with Crippen molar-refractivity contribution in [2.24, 2.45) is 0 Å². The second-order valence-corrected chi connectivity index (χ2v) is 10.1. The molecule has 1 N–H and O–H groups in total. The van der Waals surface area contributed by atoms with E-state index in [0.717, 1.165) is 30.9 Å². The van der Waals surface area contributed by atoms with Crippen molar-refractivity contribution in [2.75, 3.05) is 43.5 Å². The Morgan fingerprint density at radius 1 is 0.976 bits per heavy atom. The van der Waals surface area contributed by atoms with Crippen LogP contribution in [0.1, 0.15) is 22.8 Å². The molecule has 1 saturated heterocycles. The first-order valence-electron chi connectivity index (χ1n) is 12.7. The largest absolute Gasteiger partial charge is 0.477 e. The number of carboxylic acids is 1. The summed E-state index contributed by atoms with van der Waals surface area (Å²) in [6.45, 7) is 4.87. The van der Waals surface area contributed by atoms with Gasteiger partial charge in [-0.25, -0.2) is 9.18 Å². The number of fused-ring (bicyclic) bond motifs is 1. The van der Waals surface area contributed by atoms with Crippen molar-refractivity contribution in [3.63, 3.8) is 0 Å². The Kier molecular flexibility index (Phi) is 11.6. The van der Waals surface area contributed by atoms with E-state index in [2.05, 4.69) is 28.9 Å². The summed E-state index contributed by atoms with van der Waals surface area (Å²) in [5, 5.41) is 9.74. The van der Waals surface area contributed by atoms with Gasteiger partial charge < -0.3 is 24.4 Å². The molecule has 41 heavy (non-hydrogen) atoms. The fourth-order valence-corrected chi connectivity index (χ4v) is 5.24. The third kappa shape index (κ3) is 6.96. The molecular weight excluding hydrogens is 590 g/mol. The molecule has 5 rings (SSSR count). The fourth-order valence-electron chi connectivity index (χ4n) is 5.24. The monoisotopic (exact) mass is 622 g/mol. The van der Waals surface area contributed by atoms with Crippen LogP contribution >= 0.6 is 37.2 Å². The Morgan fingerprint density at radius 3 is 2.22 bits per heavy atom. The number of carbonyl (C=O) groups is 1. The van der Waals surface area contributed by atoms with Gasteiger partial charge >= 0.3 is 5.97 Å². The van der Waals surface area contributed by atoms with Crippen LogP contribution in [0.2, 0.25) is 0 Å². The van der Waals surface area contributed by atoms with E-state index in [1.807, 2.05) is 61.5 Å². The highest BCUT2D eigenvalue weighted by atomic mass is 35.5. The van der Waals surface area contributed by atoms with Gasteiger partial charge in [0.25, 0.3) is 0 Å². The molecule has 1 aliphatic rings. The van der Waals surface area contributed by atoms with Gasteiger partial charge in [-0.15, -0.1) is 37.2 Å². The molecule has 0 amide bonds. The van der Waals surface area contributed by atoms with Crippen LogP contribution < -0.4 is 15.2 Å². The molecule has 1 unspecified atom stereocenters. The molecule has 0 spiro atoms. The minimum absolute atomic E-state index is 0. The molecule has 1 aromatic heterocycles. The Hall–Kier alpha value is -3.30. The maximum absolute atomic E-state index is 15.6. The van der Waals surface area contributed by atoms with E-state index < -0.39 is 22.8 Å². The van der Waals surface area contributed by atoms with Crippen LogP contribution in [-0.2, 0) is 6.54 Å². The number of piperazine rings is 1. The topological polar surface area (TPSA) is 69.0 Å². The highest BCUT2D eigenvalue weighted by Crippen LogP contribution is 2.30. The summed E-state index contributed by atoms with van der Waals surface area (Å²) < 4.78 is 17.2. The summed E-state index contributed by atoms with van der Waals surface area (Å²) >= 11 is 0. The molecule has 4 aromatic rings. The number of pyridine rings is 1.